The molecule has 1 heterocycles. The highest BCUT2D eigenvalue weighted by Crippen LogP contribution is 2.64. The number of rotatable bonds is 4. The molecule has 5 rings (SSSR count). The van der Waals surface area contributed by atoms with Crippen LogP contribution in [0.15, 0.2) is 0 Å². The van der Waals surface area contributed by atoms with Crippen molar-refractivity contribution in [2.45, 2.75) is 81.9 Å². The molecule has 4 saturated carbocycles. The maximum Gasteiger partial charge on any atom is 0.490 e. The molecule has 2 unspecified atom stereocenters. The second kappa shape index (κ2) is 8.27. The zero-order valence-electron chi connectivity index (χ0n) is 18.8. The summed E-state index contributed by atoms with van der Waals surface area (Å²) in [5.41, 5.74) is -2.91. The number of esters is 1. The van der Waals surface area contributed by atoms with Gasteiger partial charge in [0, 0.05) is 12.0 Å². The highest BCUT2D eigenvalue weighted by molar-refractivity contribution is 5.91. The lowest BCUT2D eigenvalue weighted by Gasteiger charge is -2.63. The van der Waals surface area contributed by atoms with Crippen molar-refractivity contribution in [3.63, 3.8) is 0 Å². The Bertz CT molecular complexity index is 944. The number of alkyl halides is 6. The van der Waals surface area contributed by atoms with Crippen LogP contribution in [0.25, 0.3) is 0 Å². The summed E-state index contributed by atoms with van der Waals surface area (Å²) in [7, 11) is 0. The Morgan fingerprint density at radius 3 is 2.14 bits per heavy atom. The highest BCUT2D eigenvalue weighted by atomic mass is 19.4. The predicted molar refractivity (Wildman–Crippen MR) is 105 cm³/mol. The second-order valence-electron chi connectivity index (χ2n) is 10.8. The Hall–Kier alpha value is -2.52. The fourth-order valence-corrected chi connectivity index (χ4v) is 7.23. The lowest BCUT2D eigenvalue weighted by Crippen LogP contribution is -2.68. The zero-order valence-corrected chi connectivity index (χ0v) is 18.8. The van der Waals surface area contributed by atoms with E-state index in [9.17, 15) is 46.0 Å². The minimum absolute atomic E-state index is 0.0991. The number of halogens is 6. The van der Waals surface area contributed by atoms with Crippen molar-refractivity contribution in [3.8, 4) is 6.07 Å². The van der Waals surface area contributed by atoms with E-state index in [-0.39, 0.29) is 56.4 Å². The van der Waals surface area contributed by atoms with E-state index in [2.05, 4.69) is 0 Å². The number of carbonyl (C=O) groups is 3. The second-order valence-corrected chi connectivity index (χ2v) is 10.8. The Balaban J connectivity index is 1.71. The van der Waals surface area contributed by atoms with Crippen LogP contribution in [0.4, 0.5) is 26.3 Å². The number of likely N-dealkylation sites (tertiary alicyclic amines) is 1. The van der Waals surface area contributed by atoms with Crippen LogP contribution in [0.2, 0.25) is 0 Å². The van der Waals surface area contributed by atoms with Gasteiger partial charge in [-0.3, -0.25) is 9.59 Å². The molecule has 1 saturated heterocycles. The van der Waals surface area contributed by atoms with Gasteiger partial charge in [0.05, 0.1) is 6.07 Å². The van der Waals surface area contributed by atoms with E-state index in [0.29, 0.717) is 12.8 Å². The molecule has 35 heavy (non-hydrogen) atoms. The molecular formula is C22H25F6N3O4. The fourth-order valence-electron chi connectivity index (χ4n) is 7.23. The lowest BCUT2D eigenvalue weighted by molar-refractivity contribution is -0.241. The molecule has 0 radical (unpaired) electrons. The summed E-state index contributed by atoms with van der Waals surface area (Å²) in [5, 5.41) is 11.3. The number of nitrogens with one attached hydrogen (secondary N) is 1. The van der Waals surface area contributed by atoms with Gasteiger partial charge in [-0.15, -0.1) is 0 Å². The maximum absolute atomic E-state index is 13.6. The van der Waals surface area contributed by atoms with Crippen molar-refractivity contribution in [2.24, 2.45) is 23.2 Å². The smallest absolute Gasteiger partial charge is 0.452 e. The molecule has 194 valence electrons. The van der Waals surface area contributed by atoms with Crippen molar-refractivity contribution in [1.29, 1.82) is 5.26 Å². The van der Waals surface area contributed by atoms with Crippen LogP contribution in [-0.2, 0) is 19.1 Å². The molecule has 5 atom stereocenters. The summed E-state index contributed by atoms with van der Waals surface area (Å²) < 4.78 is 83.6. The van der Waals surface area contributed by atoms with Gasteiger partial charge in [0.1, 0.15) is 17.7 Å². The number of amides is 2. The molecule has 4 aliphatic carbocycles. The van der Waals surface area contributed by atoms with Crippen LogP contribution in [0.3, 0.4) is 0 Å². The van der Waals surface area contributed by atoms with Gasteiger partial charge in [-0.1, -0.05) is 6.92 Å². The van der Waals surface area contributed by atoms with Gasteiger partial charge in [-0.2, -0.15) is 31.6 Å². The van der Waals surface area contributed by atoms with Gasteiger partial charge in [0.25, 0.3) is 0 Å². The van der Waals surface area contributed by atoms with Gasteiger partial charge in [-0.25, -0.2) is 4.79 Å². The van der Waals surface area contributed by atoms with E-state index in [4.69, 9.17) is 4.74 Å². The van der Waals surface area contributed by atoms with Crippen LogP contribution in [0, 0.1) is 34.5 Å². The molecule has 7 nitrogen and oxygen atoms in total. The lowest BCUT2D eigenvalue weighted by atomic mass is 9.46. The largest absolute Gasteiger partial charge is 0.490 e. The molecule has 0 spiro atoms. The third kappa shape index (κ3) is 4.68. The number of carbonyl (C=O) groups excluding carboxylic acids is 3. The molecule has 5 fully saturated rings. The minimum atomic E-state index is -5.30. The summed E-state index contributed by atoms with van der Waals surface area (Å²) >= 11 is 0. The molecule has 1 aliphatic heterocycles. The van der Waals surface area contributed by atoms with Crippen LogP contribution in [0.1, 0.15) is 51.9 Å². The standard InChI is InChI=1S/C22H25F6N3O4/c1-11-2-14(8-29)31(9-11)16(32)15(30-17(33)21(23,24)25)19-4-12-3-13(5-19)7-20(6-12,10-19)35-18(34)22(26,27)28/h11-15H,2-7,9-10H2,1H3,(H,30,33)/t11-,12?,13?,14-,15+,19?,20?/m0/s1. The number of hydrogen-bond acceptors (Lipinski definition) is 5. The summed E-state index contributed by atoms with van der Waals surface area (Å²) in [6.07, 6.45) is -9.30. The summed E-state index contributed by atoms with van der Waals surface area (Å²) in [4.78, 5) is 38.5. The molecule has 0 aromatic heterocycles. The molecule has 0 aromatic carbocycles. The zero-order chi connectivity index (χ0) is 26.0. The van der Waals surface area contributed by atoms with Gasteiger partial charge in [-0.05, 0) is 62.7 Å². The first-order valence-corrected chi connectivity index (χ1v) is 11.5. The van der Waals surface area contributed by atoms with Crippen LogP contribution in [0.5, 0.6) is 0 Å². The first-order valence-electron chi connectivity index (χ1n) is 11.5. The summed E-state index contributed by atoms with van der Waals surface area (Å²) in [6, 6.07) is -0.646. The first-order chi connectivity index (χ1) is 16.1. The van der Waals surface area contributed by atoms with E-state index >= 15 is 0 Å². The van der Waals surface area contributed by atoms with E-state index in [1.807, 2.05) is 11.4 Å². The van der Waals surface area contributed by atoms with Crippen LogP contribution in [-0.4, -0.2) is 59.3 Å². The van der Waals surface area contributed by atoms with Crippen molar-refractivity contribution < 1.29 is 45.5 Å². The Labute approximate surface area is 197 Å². The van der Waals surface area contributed by atoms with Crippen molar-refractivity contribution in [1.82, 2.24) is 10.2 Å². The van der Waals surface area contributed by atoms with E-state index in [1.54, 1.807) is 6.92 Å². The number of hydrogen-bond donors (Lipinski definition) is 1. The van der Waals surface area contributed by atoms with E-state index in [1.165, 1.54) is 0 Å². The van der Waals surface area contributed by atoms with E-state index in [0.717, 1.165) is 4.90 Å². The minimum Gasteiger partial charge on any atom is -0.452 e. The van der Waals surface area contributed by atoms with Gasteiger partial charge in [0.2, 0.25) is 5.91 Å². The molecule has 2 amide bonds. The number of nitrogens with zero attached hydrogens (tertiary/aromatic N) is 2. The molecule has 1 N–H and O–H groups in total. The monoisotopic (exact) mass is 509 g/mol. The average molecular weight is 509 g/mol. The summed E-state index contributed by atoms with van der Waals surface area (Å²) in [6.45, 7) is 1.88. The highest BCUT2D eigenvalue weighted by Gasteiger charge is 2.65. The SMILES string of the molecule is C[C@H]1C[C@@H](C#N)N(C(=O)[C@@H](NC(=O)C(F)(F)F)C23CC4CC(CC(OC(=O)C(F)(F)F)(C4)C2)C3)C1. The number of ether oxygens (including phenoxy) is 1. The maximum atomic E-state index is 13.6. The predicted octanol–water partition coefficient (Wildman–Crippen LogP) is 3.24. The van der Waals surface area contributed by atoms with Crippen molar-refractivity contribution in [3.05, 3.63) is 0 Å². The fraction of sp³-hybridized carbons (Fsp3) is 0.818. The van der Waals surface area contributed by atoms with Crippen LogP contribution < -0.4 is 5.32 Å². The van der Waals surface area contributed by atoms with Gasteiger partial charge in [0.15, 0.2) is 0 Å². The van der Waals surface area contributed by atoms with Gasteiger partial charge < -0.3 is 15.0 Å². The van der Waals surface area contributed by atoms with Crippen molar-refractivity contribution >= 4 is 17.8 Å². The first kappa shape index (κ1) is 25.6. The molecule has 5 aliphatic rings. The summed E-state index contributed by atoms with van der Waals surface area (Å²) in [5.74, 6) is -6.24. The van der Waals surface area contributed by atoms with Crippen molar-refractivity contribution in [2.75, 3.05) is 6.54 Å². The number of nitriles is 1. The van der Waals surface area contributed by atoms with Crippen LogP contribution >= 0.6 is 0 Å². The molecule has 0 aromatic rings. The topological polar surface area (TPSA) is 99.5 Å². The third-order valence-electron chi connectivity index (χ3n) is 7.93. The Morgan fingerprint density at radius 2 is 1.63 bits per heavy atom. The molecular weight excluding hydrogens is 484 g/mol. The molecule has 13 heteroatoms. The normalized spacial score (nSPS) is 37.0. The molecule has 4 bridgehead atoms. The van der Waals surface area contributed by atoms with Gasteiger partial charge >= 0.3 is 24.2 Å². The Kier molecular flexibility index (Phi) is 6.04. The Morgan fingerprint density at radius 1 is 1.03 bits per heavy atom. The average Bonchev–Trinajstić information content (AvgIpc) is 3.09. The van der Waals surface area contributed by atoms with E-state index < -0.39 is 53.2 Å². The third-order valence-corrected chi connectivity index (χ3v) is 7.93. The quantitative estimate of drug-likeness (QED) is 0.464.